The van der Waals surface area contributed by atoms with E-state index in [0.29, 0.717) is 10.7 Å². The largest absolute Gasteiger partial charge is 0.490 e. The number of hydrogen-bond donors (Lipinski definition) is 3. The summed E-state index contributed by atoms with van der Waals surface area (Å²) >= 11 is 1.09. The predicted molar refractivity (Wildman–Crippen MR) is 138 cm³/mol. The zero-order chi connectivity index (χ0) is 25.9. The second-order valence-electron chi connectivity index (χ2n) is 7.90. The average molecular weight is 515 g/mol. The molecule has 0 aliphatic heterocycles. The molecule has 0 aliphatic rings. The second kappa shape index (κ2) is 9.83. The molecule has 37 heavy (non-hydrogen) atoms. The van der Waals surface area contributed by atoms with E-state index in [1.165, 1.54) is 11.0 Å². The van der Waals surface area contributed by atoms with Crippen molar-refractivity contribution in [3.63, 3.8) is 0 Å². The van der Waals surface area contributed by atoms with Gasteiger partial charge in [0.2, 0.25) is 6.33 Å². The standard InChI is InChI=1S/C24H18N8O4S/c25-20(33)19-22(37-24(28-19)27-18-10-9-15-3-1-2-4-17(15)11-18)29-21(34)16-7-5-14(6-8-16)12-31-13-26-23(30-31)32(35)36/h1-11,13H,12H2,(H2,25,33)(H,27,28)(H,29,34). The first-order valence-corrected chi connectivity index (χ1v) is 11.7. The van der Waals surface area contributed by atoms with Crippen LogP contribution in [0.4, 0.5) is 21.8 Å². The van der Waals surface area contributed by atoms with Crippen LogP contribution in [0.1, 0.15) is 26.4 Å². The van der Waals surface area contributed by atoms with Crippen molar-refractivity contribution in [1.29, 1.82) is 0 Å². The lowest BCUT2D eigenvalue weighted by molar-refractivity contribution is -0.394. The number of thiazole rings is 1. The number of nitro groups is 1. The monoisotopic (exact) mass is 514 g/mol. The molecule has 0 saturated heterocycles. The molecular weight excluding hydrogens is 496 g/mol. The molecule has 184 valence electrons. The highest BCUT2D eigenvalue weighted by Crippen LogP contribution is 2.32. The molecule has 0 aliphatic carbocycles. The van der Waals surface area contributed by atoms with E-state index in [2.05, 4.69) is 25.7 Å². The molecule has 0 atom stereocenters. The van der Waals surface area contributed by atoms with Crippen molar-refractivity contribution in [2.45, 2.75) is 6.54 Å². The van der Waals surface area contributed by atoms with Gasteiger partial charge in [0.05, 0.1) is 6.54 Å². The van der Waals surface area contributed by atoms with Crippen LogP contribution in [0.3, 0.4) is 0 Å². The lowest BCUT2D eigenvalue weighted by atomic mass is 10.1. The minimum Gasteiger partial charge on any atom is -0.390 e. The number of aromatic nitrogens is 4. The van der Waals surface area contributed by atoms with E-state index < -0.39 is 22.7 Å². The van der Waals surface area contributed by atoms with Crippen molar-refractivity contribution in [2.75, 3.05) is 10.6 Å². The Kier molecular flexibility index (Phi) is 6.26. The second-order valence-corrected chi connectivity index (χ2v) is 8.90. The number of primary amides is 1. The number of carbonyl (C=O) groups is 2. The fourth-order valence-corrected chi connectivity index (χ4v) is 4.47. The zero-order valence-corrected chi connectivity index (χ0v) is 19.8. The van der Waals surface area contributed by atoms with Crippen LogP contribution in [0.25, 0.3) is 10.8 Å². The summed E-state index contributed by atoms with van der Waals surface area (Å²) < 4.78 is 1.33. The number of carbonyl (C=O) groups excluding carboxylic acids is 2. The van der Waals surface area contributed by atoms with Crippen molar-refractivity contribution >= 4 is 55.7 Å². The van der Waals surface area contributed by atoms with Crippen molar-refractivity contribution in [2.24, 2.45) is 5.73 Å². The summed E-state index contributed by atoms with van der Waals surface area (Å²) in [5, 5.41) is 23.1. The summed E-state index contributed by atoms with van der Waals surface area (Å²) in [6, 6.07) is 20.3. The molecule has 4 N–H and O–H groups in total. The average Bonchev–Trinajstić information content (AvgIpc) is 3.51. The highest BCUT2D eigenvalue weighted by molar-refractivity contribution is 7.20. The van der Waals surface area contributed by atoms with E-state index in [-0.39, 0.29) is 17.2 Å². The molecule has 2 heterocycles. The Morgan fingerprint density at radius 3 is 2.51 bits per heavy atom. The van der Waals surface area contributed by atoms with Gasteiger partial charge in [-0.2, -0.15) is 4.68 Å². The summed E-state index contributed by atoms with van der Waals surface area (Å²) in [7, 11) is 0. The van der Waals surface area contributed by atoms with Crippen molar-refractivity contribution in [3.05, 3.63) is 100.0 Å². The van der Waals surface area contributed by atoms with Crippen LogP contribution in [-0.2, 0) is 6.54 Å². The molecule has 2 amide bonds. The zero-order valence-electron chi connectivity index (χ0n) is 19.0. The van der Waals surface area contributed by atoms with Crippen molar-refractivity contribution in [1.82, 2.24) is 19.7 Å². The quantitative estimate of drug-likeness (QED) is 0.206. The maximum Gasteiger partial charge on any atom is 0.490 e. The number of amides is 2. The van der Waals surface area contributed by atoms with Crippen LogP contribution in [0.5, 0.6) is 0 Å². The molecule has 0 spiro atoms. The van der Waals surface area contributed by atoms with Gasteiger partial charge in [0.1, 0.15) is 5.00 Å². The van der Waals surface area contributed by atoms with Crippen LogP contribution in [-0.4, -0.2) is 36.5 Å². The van der Waals surface area contributed by atoms with Gasteiger partial charge in [-0.15, -0.1) is 0 Å². The van der Waals surface area contributed by atoms with Crippen LogP contribution >= 0.6 is 11.3 Å². The van der Waals surface area contributed by atoms with Crippen LogP contribution in [0.2, 0.25) is 0 Å². The minimum absolute atomic E-state index is 0.0500. The van der Waals surface area contributed by atoms with Gasteiger partial charge in [-0.05, 0) is 45.5 Å². The van der Waals surface area contributed by atoms with Crippen molar-refractivity contribution < 1.29 is 14.5 Å². The Labute approximate surface area is 212 Å². The molecule has 0 fully saturated rings. The molecule has 3 aromatic carbocycles. The maximum absolute atomic E-state index is 12.8. The molecule has 12 nitrogen and oxygen atoms in total. The van der Waals surface area contributed by atoms with Gasteiger partial charge in [0.15, 0.2) is 10.8 Å². The Morgan fingerprint density at radius 1 is 1.05 bits per heavy atom. The highest BCUT2D eigenvalue weighted by atomic mass is 32.1. The Balaban J connectivity index is 1.29. The smallest absolute Gasteiger partial charge is 0.390 e. The van der Waals surface area contributed by atoms with Gasteiger partial charge >= 0.3 is 5.95 Å². The molecule has 0 radical (unpaired) electrons. The minimum atomic E-state index is -0.768. The van der Waals surface area contributed by atoms with Gasteiger partial charge in [-0.3, -0.25) is 9.59 Å². The van der Waals surface area contributed by atoms with Gasteiger partial charge in [0.25, 0.3) is 11.8 Å². The summed E-state index contributed by atoms with van der Waals surface area (Å²) in [5.41, 5.74) is 7.31. The Hall–Kier alpha value is -5.17. The number of anilines is 3. The van der Waals surface area contributed by atoms with E-state index in [0.717, 1.165) is 33.4 Å². The first-order valence-electron chi connectivity index (χ1n) is 10.9. The number of benzene rings is 3. The Morgan fingerprint density at radius 2 is 1.81 bits per heavy atom. The topological polar surface area (TPSA) is 171 Å². The van der Waals surface area contributed by atoms with E-state index in [9.17, 15) is 19.7 Å². The number of fused-ring (bicyclic) bond motifs is 1. The summed E-state index contributed by atoms with van der Waals surface area (Å²) in [5.74, 6) is -1.71. The van der Waals surface area contributed by atoms with Gasteiger partial charge in [-0.25, -0.2) is 4.98 Å². The number of nitrogens with two attached hydrogens (primary N) is 1. The van der Waals surface area contributed by atoms with E-state index >= 15 is 0 Å². The molecule has 0 saturated carbocycles. The van der Waals surface area contributed by atoms with E-state index in [1.54, 1.807) is 24.3 Å². The molecule has 2 aromatic heterocycles. The molecule has 0 unspecified atom stereocenters. The molecule has 0 bridgehead atoms. The molecule has 13 heteroatoms. The first-order chi connectivity index (χ1) is 17.9. The fraction of sp³-hybridized carbons (Fsp3) is 0.0417. The van der Waals surface area contributed by atoms with E-state index in [1.807, 2.05) is 42.5 Å². The lowest BCUT2D eigenvalue weighted by Gasteiger charge is -2.05. The number of nitrogens with zero attached hydrogens (tertiary/aromatic N) is 5. The number of rotatable bonds is 8. The Bertz CT molecular complexity index is 1640. The van der Waals surface area contributed by atoms with Gasteiger partial charge < -0.3 is 26.5 Å². The normalized spacial score (nSPS) is 10.8. The first kappa shape index (κ1) is 23.6. The van der Waals surface area contributed by atoms with Crippen LogP contribution in [0, 0.1) is 10.1 Å². The SMILES string of the molecule is NC(=O)c1nc(Nc2ccc3ccccc3c2)sc1NC(=O)c1ccc(Cn2cnc([N+](=O)[O-])n2)cc1. The third-order valence-electron chi connectivity index (χ3n) is 5.34. The fourth-order valence-electron chi connectivity index (χ4n) is 3.58. The van der Waals surface area contributed by atoms with Crippen LogP contribution < -0.4 is 16.4 Å². The van der Waals surface area contributed by atoms with Crippen molar-refractivity contribution in [3.8, 4) is 0 Å². The highest BCUT2D eigenvalue weighted by Gasteiger charge is 2.19. The summed E-state index contributed by atoms with van der Waals surface area (Å²) in [6.07, 6.45) is 1.26. The summed E-state index contributed by atoms with van der Waals surface area (Å²) in [6.45, 7) is 0.243. The lowest BCUT2D eigenvalue weighted by Crippen LogP contribution is -2.17. The van der Waals surface area contributed by atoms with Gasteiger partial charge in [-0.1, -0.05) is 58.8 Å². The molecule has 5 aromatic rings. The third kappa shape index (κ3) is 5.26. The third-order valence-corrected chi connectivity index (χ3v) is 6.22. The predicted octanol–water partition coefficient (Wildman–Crippen LogP) is 3.94. The number of nitrogens with one attached hydrogen (secondary N) is 2. The molecule has 5 rings (SSSR count). The molecular formula is C24H18N8O4S. The van der Waals surface area contributed by atoms with E-state index in [4.69, 9.17) is 5.73 Å². The maximum atomic E-state index is 12.8. The number of hydrogen-bond acceptors (Lipinski definition) is 9. The summed E-state index contributed by atoms with van der Waals surface area (Å²) in [4.78, 5) is 42.7. The van der Waals surface area contributed by atoms with Gasteiger partial charge in [0, 0.05) is 16.3 Å². The van der Waals surface area contributed by atoms with Crippen LogP contribution in [0.15, 0.2) is 73.1 Å².